The zero-order chi connectivity index (χ0) is 22.6. The van der Waals surface area contributed by atoms with E-state index in [1.54, 1.807) is 48.2 Å². The highest BCUT2D eigenvalue weighted by Crippen LogP contribution is 2.26. The maximum absolute atomic E-state index is 13.1. The van der Waals surface area contributed by atoms with Gasteiger partial charge in [0.15, 0.2) is 0 Å². The second-order valence-electron chi connectivity index (χ2n) is 7.32. The second-order valence-corrected chi connectivity index (χ2v) is 9.73. The fourth-order valence-electron chi connectivity index (χ4n) is 3.56. The number of carbonyl (C=O) groups excluding carboxylic acids is 2. The molecule has 1 aliphatic heterocycles. The highest BCUT2D eigenvalue weighted by atomic mass is 35.5. The number of benzene rings is 2. The van der Waals surface area contributed by atoms with Crippen molar-refractivity contribution in [1.29, 1.82) is 0 Å². The van der Waals surface area contributed by atoms with Gasteiger partial charge in [0.1, 0.15) is 0 Å². The Morgan fingerprint density at radius 2 is 1.94 bits per heavy atom. The van der Waals surface area contributed by atoms with E-state index in [-0.39, 0.29) is 34.8 Å². The number of hydrogen-bond acceptors (Lipinski definition) is 5. The van der Waals surface area contributed by atoms with Crippen molar-refractivity contribution >= 4 is 39.2 Å². The molecule has 0 aliphatic carbocycles. The Bertz CT molecular complexity index is 1070. The number of amides is 1. The maximum atomic E-state index is 13.1. The molecule has 0 saturated carbocycles. The van der Waals surface area contributed by atoms with Crippen molar-refractivity contribution in [3.8, 4) is 0 Å². The first kappa shape index (κ1) is 23.1. The predicted octanol–water partition coefficient (Wildman–Crippen LogP) is 3.58. The molecular formula is C22H25ClN2O5S. The lowest BCUT2D eigenvalue weighted by atomic mass is 9.97. The van der Waals surface area contributed by atoms with Crippen LogP contribution in [0.3, 0.4) is 0 Å². The third-order valence-corrected chi connectivity index (χ3v) is 7.26. The summed E-state index contributed by atoms with van der Waals surface area (Å²) in [4.78, 5) is 26.7. The van der Waals surface area contributed by atoms with Crippen LogP contribution >= 0.6 is 11.6 Å². The first-order chi connectivity index (χ1) is 14.7. The summed E-state index contributed by atoms with van der Waals surface area (Å²) in [5.41, 5.74) is 0.669. The van der Waals surface area contributed by atoms with Crippen molar-refractivity contribution in [1.82, 2.24) is 4.90 Å². The van der Waals surface area contributed by atoms with Crippen LogP contribution < -0.4 is 4.31 Å². The summed E-state index contributed by atoms with van der Waals surface area (Å²) in [7, 11) is -2.46. The van der Waals surface area contributed by atoms with Crippen LogP contribution in [0.5, 0.6) is 0 Å². The zero-order valence-electron chi connectivity index (χ0n) is 17.5. The van der Waals surface area contributed by atoms with Gasteiger partial charge in [-0.05, 0) is 56.2 Å². The number of rotatable bonds is 6. The van der Waals surface area contributed by atoms with Gasteiger partial charge in [0.2, 0.25) is 0 Å². The minimum atomic E-state index is -3.90. The van der Waals surface area contributed by atoms with E-state index in [1.807, 2.05) is 0 Å². The van der Waals surface area contributed by atoms with Gasteiger partial charge in [-0.1, -0.05) is 23.7 Å². The number of likely N-dealkylation sites (tertiary alicyclic amines) is 1. The largest absolute Gasteiger partial charge is 0.466 e. The summed E-state index contributed by atoms with van der Waals surface area (Å²) < 4.78 is 32.4. The smallest absolute Gasteiger partial charge is 0.310 e. The highest BCUT2D eigenvalue weighted by Gasteiger charge is 2.30. The van der Waals surface area contributed by atoms with Crippen LogP contribution in [-0.4, -0.2) is 51.9 Å². The van der Waals surface area contributed by atoms with Crippen LogP contribution in [0.25, 0.3) is 0 Å². The van der Waals surface area contributed by atoms with Gasteiger partial charge in [0, 0.05) is 30.7 Å². The molecule has 1 saturated heterocycles. The van der Waals surface area contributed by atoms with E-state index in [9.17, 15) is 18.0 Å². The molecule has 166 valence electrons. The molecule has 2 aromatic rings. The molecule has 31 heavy (non-hydrogen) atoms. The van der Waals surface area contributed by atoms with Gasteiger partial charge in [-0.15, -0.1) is 0 Å². The van der Waals surface area contributed by atoms with E-state index in [4.69, 9.17) is 16.3 Å². The molecule has 0 N–H and O–H groups in total. The Labute approximate surface area is 187 Å². The van der Waals surface area contributed by atoms with Crippen LogP contribution in [0.15, 0.2) is 53.4 Å². The van der Waals surface area contributed by atoms with Crippen molar-refractivity contribution in [3.63, 3.8) is 0 Å². The molecule has 7 nitrogen and oxygen atoms in total. The van der Waals surface area contributed by atoms with Crippen LogP contribution in [-0.2, 0) is 19.6 Å². The van der Waals surface area contributed by atoms with Gasteiger partial charge < -0.3 is 9.64 Å². The molecule has 0 aromatic heterocycles. The fraction of sp³-hybridized carbons (Fsp3) is 0.364. The molecule has 9 heteroatoms. The van der Waals surface area contributed by atoms with E-state index in [0.29, 0.717) is 36.7 Å². The zero-order valence-corrected chi connectivity index (χ0v) is 19.0. The van der Waals surface area contributed by atoms with E-state index in [2.05, 4.69) is 0 Å². The Kier molecular flexibility index (Phi) is 7.23. The van der Waals surface area contributed by atoms with Crippen LogP contribution in [0, 0.1) is 5.92 Å². The number of nitrogens with zero attached hydrogens (tertiary/aromatic N) is 2. The summed E-state index contributed by atoms with van der Waals surface area (Å²) in [5, 5.41) is 0.421. The van der Waals surface area contributed by atoms with Crippen LogP contribution in [0.2, 0.25) is 5.02 Å². The number of halogens is 1. The van der Waals surface area contributed by atoms with Gasteiger partial charge in [0.25, 0.3) is 15.9 Å². The molecule has 1 atom stereocenters. The van der Waals surface area contributed by atoms with Crippen LogP contribution in [0.4, 0.5) is 5.69 Å². The van der Waals surface area contributed by atoms with Crippen molar-refractivity contribution in [3.05, 3.63) is 59.1 Å². The molecule has 1 unspecified atom stereocenters. The molecule has 1 heterocycles. The molecule has 0 radical (unpaired) electrons. The third kappa shape index (κ3) is 5.19. The minimum Gasteiger partial charge on any atom is -0.466 e. The second kappa shape index (κ2) is 9.70. The number of piperidine rings is 1. The van der Waals surface area contributed by atoms with Crippen molar-refractivity contribution in [2.45, 2.75) is 24.7 Å². The molecule has 1 amide bonds. The van der Waals surface area contributed by atoms with E-state index < -0.39 is 10.0 Å². The molecule has 3 rings (SSSR count). The fourth-order valence-corrected chi connectivity index (χ4v) is 4.97. The van der Waals surface area contributed by atoms with E-state index in [1.165, 1.54) is 19.2 Å². The van der Waals surface area contributed by atoms with Gasteiger partial charge in [-0.2, -0.15) is 0 Å². The minimum absolute atomic E-state index is 0.000206. The SMILES string of the molecule is CCOC(=O)C1CCCN(C(=O)c2cccc(S(=O)(=O)N(C)c3cccc(Cl)c3)c2)C1. The van der Waals surface area contributed by atoms with Crippen molar-refractivity contribution in [2.24, 2.45) is 5.92 Å². The number of ether oxygens (including phenoxy) is 1. The molecule has 2 aromatic carbocycles. The predicted molar refractivity (Wildman–Crippen MR) is 119 cm³/mol. The number of esters is 1. The van der Waals surface area contributed by atoms with E-state index >= 15 is 0 Å². The lowest BCUT2D eigenvalue weighted by Gasteiger charge is -2.31. The molecule has 0 spiro atoms. The third-order valence-electron chi connectivity index (χ3n) is 5.24. The Morgan fingerprint density at radius 1 is 1.19 bits per heavy atom. The van der Waals surface area contributed by atoms with Crippen molar-refractivity contribution in [2.75, 3.05) is 31.0 Å². The topological polar surface area (TPSA) is 84.0 Å². The van der Waals surface area contributed by atoms with Crippen LogP contribution in [0.1, 0.15) is 30.1 Å². The summed E-state index contributed by atoms with van der Waals surface area (Å²) >= 11 is 5.99. The standard InChI is InChI=1S/C22H25ClN2O5S/c1-3-30-22(27)17-8-6-12-25(15-17)21(26)16-7-4-11-20(13-16)31(28,29)24(2)19-10-5-9-18(23)14-19/h4-5,7,9-11,13-14,17H,3,6,8,12,15H2,1-2H3. The first-order valence-corrected chi connectivity index (χ1v) is 11.9. The first-order valence-electron chi connectivity index (χ1n) is 10.0. The molecular weight excluding hydrogens is 440 g/mol. The Morgan fingerprint density at radius 3 is 2.65 bits per heavy atom. The average Bonchev–Trinajstić information content (AvgIpc) is 2.78. The highest BCUT2D eigenvalue weighted by molar-refractivity contribution is 7.92. The van der Waals surface area contributed by atoms with Gasteiger partial charge in [-0.25, -0.2) is 8.42 Å². The number of anilines is 1. The summed E-state index contributed by atoms with van der Waals surface area (Å²) in [6.45, 7) is 2.81. The quantitative estimate of drug-likeness (QED) is 0.610. The molecule has 0 bridgehead atoms. The van der Waals surface area contributed by atoms with E-state index in [0.717, 1.165) is 4.31 Å². The maximum Gasteiger partial charge on any atom is 0.310 e. The Hall–Kier alpha value is -2.58. The van der Waals surface area contributed by atoms with Crippen molar-refractivity contribution < 1.29 is 22.7 Å². The monoisotopic (exact) mass is 464 g/mol. The summed E-state index contributed by atoms with van der Waals surface area (Å²) in [5.74, 6) is -0.977. The summed E-state index contributed by atoms with van der Waals surface area (Å²) in [6.07, 6.45) is 1.35. The lowest BCUT2D eigenvalue weighted by molar-refractivity contribution is -0.149. The number of sulfonamides is 1. The lowest BCUT2D eigenvalue weighted by Crippen LogP contribution is -2.42. The van der Waals surface area contributed by atoms with Gasteiger partial charge >= 0.3 is 5.97 Å². The average molecular weight is 465 g/mol. The summed E-state index contributed by atoms with van der Waals surface area (Å²) in [6, 6.07) is 12.5. The molecule has 1 aliphatic rings. The Balaban J connectivity index is 1.82. The molecule has 1 fully saturated rings. The van der Waals surface area contributed by atoms with Gasteiger partial charge in [0.05, 0.1) is 23.1 Å². The van der Waals surface area contributed by atoms with Gasteiger partial charge in [-0.3, -0.25) is 13.9 Å². The number of carbonyl (C=O) groups is 2. The normalized spacial score (nSPS) is 16.6. The number of hydrogen-bond donors (Lipinski definition) is 0.